The molecule has 0 radical (unpaired) electrons. The first-order valence-electron chi connectivity index (χ1n) is 7.49. The van der Waals surface area contributed by atoms with E-state index in [-0.39, 0.29) is 10.8 Å². The second-order valence-corrected chi connectivity index (χ2v) is 6.88. The van der Waals surface area contributed by atoms with Gasteiger partial charge >= 0.3 is 0 Å². The van der Waals surface area contributed by atoms with Crippen LogP contribution in [-0.4, -0.2) is 20.4 Å². The molecule has 1 amide bonds. The number of rotatable bonds is 6. The summed E-state index contributed by atoms with van der Waals surface area (Å²) in [6.07, 6.45) is 0.237. The summed E-state index contributed by atoms with van der Waals surface area (Å²) in [6.45, 7) is 3.70. The number of carbonyl (C=O) groups is 1. The molecule has 2 aromatic carbocycles. The Labute approximate surface area is 141 Å². The van der Waals surface area contributed by atoms with Crippen LogP contribution in [-0.2, 0) is 21.2 Å². The third-order valence-corrected chi connectivity index (χ3v) is 4.39. The minimum Gasteiger partial charge on any atom is -0.481 e. The van der Waals surface area contributed by atoms with Gasteiger partial charge in [-0.1, -0.05) is 19.1 Å². The van der Waals surface area contributed by atoms with Crippen molar-refractivity contribution in [1.82, 2.24) is 0 Å². The molecular formula is C17H20N2O4S. The van der Waals surface area contributed by atoms with Gasteiger partial charge in [-0.25, -0.2) is 13.6 Å². The molecular weight excluding hydrogens is 328 g/mol. The fraction of sp³-hybridized carbons (Fsp3) is 0.235. The van der Waals surface area contributed by atoms with E-state index in [1.807, 2.05) is 24.3 Å². The highest BCUT2D eigenvalue weighted by Crippen LogP contribution is 2.16. The molecule has 128 valence electrons. The van der Waals surface area contributed by atoms with Crippen LogP contribution in [0.5, 0.6) is 5.75 Å². The normalized spacial score (nSPS) is 12.5. The highest BCUT2D eigenvalue weighted by atomic mass is 32.2. The van der Waals surface area contributed by atoms with E-state index in [1.54, 1.807) is 6.92 Å². The standard InChI is InChI=1S/C17H20N2O4S/c1-3-13-4-8-15(9-5-13)23-12(2)17(20)19-14-6-10-16(11-7-14)24(18,21)22/h4-12H,3H2,1-2H3,(H,19,20)(H2,18,21,22)/t12-/m1/s1. The number of amides is 1. The zero-order chi connectivity index (χ0) is 17.7. The third kappa shape index (κ3) is 4.81. The van der Waals surface area contributed by atoms with E-state index in [0.29, 0.717) is 11.4 Å². The van der Waals surface area contributed by atoms with Crippen molar-refractivity contribution in [2.45, 2.75) is 31.3 Å². The summed E-state index contributed by atoms with van der Waals surface area (Å²) in [7, 11) is -3.75. The average molecular weight is 348 g/mol. The van der Waals surface area contributed by atoms with Gasteiger partial charge in [0.15, 0.2) is 6.10 Å². The third-order valence-electron chi connectivity index (χ3n) is 3.46. The second-order valence-electron chi connectivity index (χ2n) is 5.32. The fourth-order valence-corrected chi connectivity index (χ4v) is 2.55. The first-order valence-corrected chi connectivity index (χ1v) is 9.03. The minimum atomic E-state index is -3.75. The van der Waals surface area contributed by atoms with E-state index >= 15 is 0 Å². The number of hydrogen-bond acceptors (Lipinski definition) is 4. The summed E-state index contributed by atoms with van der Waals surface area (Å²) in [6, 6.07) is 13.2. The van der Waals surface area contributed by atoms with Crippen molar-refractivity contribution < 1.29 is 17.9 Å². The molecule has 0 bridgehead atoms. The van der Waals surface area contributed by atoms with Crippen molar-refractivity contribution >= 4 is 21.6 Å². The van der Waals surface area contributed by atoms with Gasteiger partial charge in [0, 0.05) is 5.69 Å². The van der Waals surface area contributed by atoms with Crippen LogP contribution < -0.4 is 15.2 Å². The van der Waals surface area contributed by atoms with Crippen LogP contribution >= 0.6 is 0 Å². The number of benzene rings is 2. The maximum absolute atomic E-state index is 12.1. The molecule has 0 heterocycles. The molecule has 0 aliphatic carbocycles. The summed E-state index contributed by atoms with van der Waals surface area (Å²) >= 11 is 0. The number of aryl methyl sites for hydroxylation is 1. The summed E-state index contributed by atoms with van der Waals surface area (Å²) in [5.41, 5.74) is 1.65. The van der Waals surface area contributed by atoms with Crippen molar-refractivity contribution in [2.24, 2.45) is 5.14 Å². The monoisotopic (exact) mass is 348 g/mol. The molecule has 0 spiro atoms. The number of nitrogens with two attached hydrogens (primary N) is 1. The summed E-state index contributed by atoms with van der Waals surface area (Å²) in [5, 5.41) is 7.69. The number of primary sulfonamides is 1. The van der Waals surface area contributed by atoms with Gasteiger partial charge in [-0.15, -0.1) is 0 Å². The molecule has 2 aromatic rings. The van der Waals surface area contributed by atoms with Gasteiger partial charge in [-0.05, 0) is 55.3 Å². The second kappa shape index (κ2) is 7.46. The number of sulfonamides is 1. The Balaban J connectivity index is 1.98. The lowest BCUT2D eigenvalue weighted by Gasteiger charge is -2.15. The summed E-state index contributed by atoms with van der Waals surface area (Å²) in [4.78, 5) is 12.1. The van der Waals surface area contributed by atoms with Gasteiger partial charge in [-0.2, -0.15) is 0 Å². The van der Waals surface area contributed by atoms with E-state index in [4.69, 9.17) is 9.88 Å². The van der Waals surface area contributed by atoms with E-state index in [9.17, 15) is 13.2 Å². The van der Waals surface area contributed by atoms with E-state index in [1.165, 1.54) is 29.8 Å². The summed E-state index contributed by atoms with van der Waals surface area (Å²) in [5.74, 6) is 0.275. The fourth-order valence-electron chi connectivity index (χ4n) is 2.03. The van der Waals surface area contributed by atoms with Crippen LogP contribution in [0.1, 0.15) is 19.4 Å². The molecule has 0 unspecified atom stereocenters. The highest BCUT2D eigenvalue weighted by Gasteiger charge is 2.15. The van der Waals surface area contributed by atoms with Gasteiger partial charge in [0.2, 0.25) is 10.0 Å². The van der Waals surface area contributed by atoms with Gasteiger partial charge in [0.25, 0.3) is 5.91 Å². The molecule has 0 saturated carbocycles. The van der Waals surface area contributed by atoms with Gasteiger partial charge in [0.05, 0.1) is 4.90 Å². The molecule has 1 atom stereocenters. The predicted octanol–water partition coefficient (Wildman–Crippen LogP) is 2.30. The largest absolute Gasteiger partial charge is 0.481 e. The molecule has 7 heteroatoms. The van der Waals surface area contributed by atoms with Crippen molar-refractivity contribution in [2.75, 3.05) is 5.32 Å². The first kappa shape index (κ1) is 18.0. The Bertz CT molecular complexity index is 799. The maximum atomic E-state index is 12.1. The van der Waals surface area contributed by atoms with Crippen LogP contribution in [0.25, 0.3) is 0 Å². The number of carbonyl (C=O) groups excluding carboxylic acids is 1. The van der Waals surface area contributed by atoms with Crippen molar-refractivity contribution in [3.8, 4) is 5.75 Å². The molecule has 0 aliphatic heterocycles. The van der Waals surface area contributed by atoms with Gasteiger partial charge in [-0.3, -0.25) is 4.79 Å². The number of nitrogens with one attached hydrogen (secondary N) is 1. The molecule has 2 rings (SSSR count). The first-order chi connectivity index (χ1) is 11.3. The number of hydrogen-bond donors (Lipinski definition) is 2. The van der Waals surface area contributed by atoms with Crippen LogP contribution in [0.4, 0.5) is 5.69 Å². The SMILES string of the molecule is CCc1ccc(O[C@H](C)C(=O)Nc2ccc(S(N)(=O)=O)cc2)cc1. The minimum absolute atomic E-state index is 0.0131. The Morgan fingerprint density at radius 1 is 1.12 bits per heavy atom. The van der Waals surface area contributed by atoms with Crippen molar-refractivity contribution in [3.63, 3.8) is 0 Å². The lowest BCUT2D eigenvalue weighted by Crippen LogP contribution is -2.30. The van der Waals surface area contributed by atoms with E-state index in [0.717, 1.165) is 6.42 Å². The molecule has 0 saturated heterocycles. The molecule has 0 aromatic heterocycles. The number of anilines is 1. The van der Waals surface area contributed by atoms with E-state index in [2.05, 4.69) is 12.2 Å². The quantitative estimate of drug-likeness (QED) is 0.837. The molecule has 6 nitrogen and oxygen atoms in total. The molecule has 0 fully saturated rings. The molecule has 24 heavy (non-hydrogen) atoms. The summed E-state index contributed by atoms with van der Waals surface area (Å²) < 4.78 is 28.0. The van der Waals surface area contributed by atoms with Gasteiger partial charge < -0.3 is 10.1 Å². The van der Waals surface area contributed by atoms with Crippen LogP contribution in [0, 0.1) is 0 Å². The number of ether oxygens (including phenoxy) is 1. The Morgan fingerprint density at radius 3 is 2.21 bits per heavy atom. The lowest BCUT2D eigenvalue weighted by molar-refractivity contribution is -0.122. The average Bonchev–Trinajstić information content (AvgIpc) is 2.55. The zero-order valence-corrected chi connectivity index (χ0v) is 14.3. The maximum Gasteiger partial charge on any atom is 0.265 e. The van der Waals surface area contributed by atoms with Crippen LogP contribution in [0.2, 0.25) is 0 Å². The highest BCUT2D eigenvalue weighted by molar-refractivity contribution is 7.89. The Morgan fingerprint density at radius 2 is 1.71 bits per heavy atom. The predicted molar refractivity (Wildman–Crippen MR) is 92.4 cm³/mol. The van der Waals surface area contributed by atoms with Crippen molar-refractivity contribution in [1.29, 1.82) is 0 Å². The zero-order valence-electron chi connectivity index (χ0n) is 13.5. The van der Waals surface area contributed by atoms with Crippen molar-refractivity contribution in [3.05, 3.63) is 54.1 Å². The smallest absolute Gasteiger partial charge is 0.265 e. The molecule has 0 aliphatic rings. The van der Waals surface area contributed by atoms with Crippen LogP contribution in [0.3, 0.4) is 0 Å². The lowest BCUT2D eigenvalue weighted by atomic mass is 10.2. The van der Waals surface area contributed by atoms with Crippen LogP contribution in [0.15, 0.2) is 53.4 Å². The van der Waals surface area contributed by atoms with Gasteiger partial charge in [0.1, 0.15) is 5.75 Å². The Kier molecular flexibility index (Phi) is 5.58. The molecule has 3 N–H and O–H groups in total. The van der Waals surface area contributed by atoms with E-state index < -0.39 is 16.1 Å². The Hall–Kier alpha value is -2.38. The topological polar surface area (TPSA) is 98.5 Å².